The summed E-state index contributed by atoms with van der Waals surface area (Å²) in [7, 11) is 0. The van der Waals surface area contributed by atoms with Gasteiger partial charge < -0.3 is 9.47 Å². The van der Waals surface area contributed by atoms with E-state index in [1.165, 1.54) is 0 Å². The zero-order valence-electron chi connectivity index (χ0n) is 8.38. The van der Waals surface area contributed by atoms with Crippen LogP contribution in [-0.2, 0) is 9.47 Å². The molecule has 0 aromatic heterocycles. The van der Waals surface area contributed by atoms with Crippen LogP contribution >= 0.6 is 0 Å². The summed E-state index contributed by atoms with van der Waals surface area (Å²) in [6.07, 6.45) is 3.07. The lowest BCUT2D eigenvalue weighted by atomic mass is 9.95. The van der Waals surface area contributed by atoms with Gasteiger partial charge in [0.1, 0.15) is 0 Å². The van der Waals surface area contributed by atoms with Crippen LogP contribution < -0.4 is 0 Å². The molecule has 2 nitrogen and oxygen atoms in total. The molecule has 1 aliphatic heterocycles. The van der Waals surface area contributed by atoms with Crippen LogP contribution in [0.25, 0.3) is 0 Å². The van der Waals surface area contributed by atoms with E-state index in [4.69, 9.17) is 9.47 Å². The molecule has 0 saturated carbocycles. The molecule has 0 aliphatic carbocycles. The van der Waals surface area contributed by atoms with E-state index in [9.17, 15) is 0 Å². The highest BCUT2D eigenvalue weighted by atomic mass is 16.5. The van der Waals surface area contributed by atoms with Crippen LogP contribution in [0, 0.1) is 5.92 Å². The van der Waals surface area contributed by atoms with Gasteiger partial charge in [-0.3, -0.25) is 0 Å². The topological polar surface area (TPSA) is 18.5 Å². The first-order valence-corrected chi connectivity index (χ1v) is 4.93. The van der Waals surface area contributed by atoms with E-state index in [1.54, 1.807) is 0 Å². The fourth-order valence-corrected chi connectivity index (χ4v) is 1.73. The van der Waals surface area contributed by atoms with Gasteiger partial charge in [0, 0.05) is 13.2 Å². The third-order valence-corrected chi connectivity index (χ3v) is 2.42. The third kappa shape index (κ3) is 3.11. The molecule has 0 N–H and O–H groups in total. The van der Waals surface area contributed by atoms with Gasteiger partial charge in [0.05, 0.1) is 12.2 Å². The van der Waals surface area contributed by atoms with Crippen molar-refractivity contribution in [1.82, 2.24) is 0 Å². The second kappa shape index (κ2) is 4.83. The molecule has 72 valence electrons. The summed E-state index contributed by atoms with van der Waals surface area (Å²) in [5.41, 5.74) is 0. The Hall–Kier alpha value is -0.0800. The minimum absolute atomic E-state index is 0.350. The van der Waals surface area contributed by atoms with Crippen molar-refractivity contribution >= 4 is 0 Å². The predicted molar refractivity (Wildman–Crippen MR) is 49.2 cm³/mol. The van der Waals surface area contributed by atoms with E-state index in [2.05, 4.69) is 20.8 Å². The van der Waals surface area contributed by atoms with Crippen molar-refractivity contribution in [1.29, 1.82) is 0 Å². The highest BCUT2D eigenvalue weighted by Crippen LogP contribution is 2.21. The predicted octanol–water partition coefficient (Wildman–Crippen LogP) is 2.23. The molecular formula is C10H20O2. The molecule has 1 atom stereocenters. The summed E-state index contributed by atoms with van der Waals surface area (Å²) in [6.45, 7) is 8.19. The van der Waals surface area contributed by atoms with Gasteiger partial charge in [-0.05, 0) is 39.5 Å². The summed E-state index contributed by atoms with van der Waals surface area (Å²) >= 11 is 0. The van der Waals surface area contributed by atoms with Gasteiger partial charge in [0.15, 0.2) is 0 Å². The van der Waals surface area contributed by atoms with Crippen LogP contribution in [0.4, 0.5) is 0 Å². The van der Waals surface area contributed by atoms with Crippen molar-refractivity contribution in [2.75, 3.05) is 13.2 Å². The second-order valence-corrected chi connectivity index (χ2v) is 3.84. The lowest BCUT2D eigenvalue weighted by molar-refractivity contribution is -0.0493. The van der Waals surface area contributed by atoms with Gasteiger partial charge >= 0.3 is 0 Å². The normalized spacial score (nSPS) is 23.0. The largest absolute Gasteiger partial charge is 0.381 e. The van der Waals surface area contributed by atoms with Crippen LogP contribution in [0.3, 0.4) is 0 Å². The quantitative estimate of drug-likeness (QED) is 0.650. The Labute approximate surface area is 75.2 Å². The smallest absolute Gasteiger partial charge is 0.0580 e. The van der Waals surface area contributed by atoms with Crippen molar-refractivity contribution in [3.05, 3.63) is 0 Å². The highest BCUT2D eigenvalue weighted by molar-refractivity contribution is 4.70. The number of hydrogen-bond donors (Lipinski definition) is 0. The van der Waals surface area contributed by atoms with Crippen LogP contribution in [0.5, 0.6) is 0 Å². The van der Waals surface area contributed by atoms with Crippen molar-refractivity contribution in [3.8, 4) is 0 Å². The fraction of sp³-hybridized carbons (Fsp3) is 1.00. The Morgan fingerprint density at radius 2 is 1.75 bits per heavy atom. The van der Waals surface area contributed by atoms with Crippen molar-refractivity contribution in [3.63, 3.8) is 0 Å². The Balaban J connectivity index is 2.24. The maximum absolute atomic E-state index is 5.73. The summed E-state index contributed by atoms with van der Waals surface area (Å²) in [4.78, 5) is 0. The molecule has 1 heterocycles. The molecule has 0 radical (unpaired) electrons. The average molecular weight is 172 g/mol. The number of hydrogen-bond acceptors (Lipinski definition) is 2. The molecule has 1 aliphatic rings. The maximum atomic E-state index is 5.73. The molecule has 0 aromatic carbocycles. The first kappa shape index (κ1) is 10.0. The van der Waals surface area contributed by atoms with Gasteiger partial charge in [0.2, 0.25) is 0 Å². The van der Waals surface area contributed by atoms with Crippen molar-refractivity contribution in [2.45, 2.75) is 45.8 Å². The zero-order chi connectivity index (χ0) is 8.97. The summed E-state index contributed by atoms with van der Waals surface area (Å²) in [5, 5.41) is 0. The first-order valence-electron chi connectivity index (χ1n) is 4.93. The summed E-state index contributed by atoms with van der Waals surface area (Å²) in [6, 6.07) is 0. The van der Waals surface area contributed by atoms with Gasteiger partial charge in [0.25, 0.3) is 0 Å². The van der Waals surface area contributed by atoms with Gasteiger partial charge in [-0.1, -0.05) is 0 Å². The molecule has 0 unspecified atom stereocenters. The highest BCUT2D eigenvalue weighted by Gasteiger charge is 2.21. The Morgan fingerprint density at radius 3 is 2.25 bits per heavy atom. The van der Waals surface area contributed by atoms with Crippen LogP contribution in [0.2, 0.25) is 0 Å². The van der Waals surface area contributed by atoms with Crippen LogP contribution in [-0.4, -0.2) is 25.4 Å². The SMILES string of the molecule is CC(C)O[C@H](C)C1CCOCC1. The molecule has 12 heavy (non-hydrogen) atoms. The Kier molecular flexibility index (Phi) is 4.02. The lowest BCUT2D eigenvalue weighted by Crippen LogP contribution is -2.29. The molecular weight excluding hydrogens is 152 g/mol. The van der Waals surface area contributed by atoms with E-state index in [1.807, 2.05) is 0 Å². The van der Waals surface area contributed by atoms with Gasteiger partial charge in [-0.15, -0.1) is 0 Å². The maximum Gasteiger partial charge on any atom is 0.0580 e. The van der Waals surface area contributed by atoms with E-state index in [0.717, 1.165) is 26.1 Å². The fourth-order valence-electron chi connectivity index (χ4n) is 1.73. The average Bonchev–Trinajstić information content (AvgIpc) is 2.05. The monoisotopic (exact) mass is 172 g/mol. The molecule has 1 saturated heterocycles. The standard InChI is InChI=1S/C10H20O2/c1-8(2)12-9(3)10-4-6-11-7-5-10/h8-10H,4-7H2,1-3H3/t9-/m1/s1. The van der Waals surface area contributed by atoms with E-state index >= 15 is 0 Å². The third-order valence-electron chi connectivity index (χ3n) is 2.42. The summed E-state index contributed by atoms with van der Waals surface area (Å²) < 4.78 is 11.0. The Bertz CT molecular complexity index is 117. The van der Waals surface area contributed by atoms with Gasteiger partial charge in [-0.2, -0.15) is 0 Å². The molecule has 2 heteroatoms. The zero-order valence-corrected chi connectivity index (χ0v) is 8.38. The molecule has 0 aromatic rings. The molecule has 0 bridgehead atoms. The molecule has 1 rings (SSSR count). The number of rotatable bonds is 3. The first-order chi connectivity index (χ1) is 5.70. The minimum atomic E-state index is 0.350. The lowest BCUT2D eigenvalue weighted by Gasteiger charge is -2.28. The Morgan fingerprint density at radius 1 is 1.17 bits per heavy atom. The van der Waals surface area contributed by atoms with E-state index in [0.29, 0.717) is 18.1 Å². The molecule has 0 spiro atoms. The molecule has 0 amide bonds. The molecule has 1 fully saturated rings. The van der Waals surface area contributed by atoms with Crippen LogP contribution in [0.1, 0.15) is 33.6 Å². The summed E-state index contributed by atoms with van der Waals surface area (Å²) in [5.74, 6) is 0.709. The van der Waals surface area contributed by atoms with Gasteiger partial charge in [-0.25, -0.2) is 0 Å². The van der Waals surface area contributed by atoms with E-state index in [-0.39, 0.29) is 0 Å². The van der Waals surface area contributed by atoms with Crippen molar-refractivity contribution < 1.29 is 9.47 Å². The van der Waals surface area contributed by atoms with Crippen molar-refractivity contribution in [2.24, 2.45) is 5.92 Å². The minimum Gasteiger partial charge on any atom is -0.381 e. The number of ether oxygens (including phenoxy) is 2. The van der Waals surface area contributed by atoms with E-state index < -0.39 is 0 Å². The van der Waals surface area contributed by atoms with Crippen LogP contribution in [0.15, 0.2) is 0 Å². The second-order valence-electron chi connectivity index (χ2n) is 3.84.